The van der Waals surface area contributed by atoms with Crippen molar-refractivity contribution in [2.75, 3.05) is 19.9 Å². The first kappa shape index (κ1) is 10.0. The molecule has 1 fully saturated rings. The van der Waals surface area contributed by atoms with Crippen LogP contribution in [0.25, 0.3) is 0 Å². The second-order valence-corrected chi connectivity index (χ2v) is 3.84. The number of hydrogen-bond acceptors (Lipinski definition) is 5. The average molecular weight is 232 g/mol. The zero-order valence-corrected chi connectivity index (χ0v) is 9.16. The number of rotatable bonds is 2. The van der Waals surface area contributed by atoms with Crippen LogP contribution in [0.5, 0.6) is 11.5 Å². The molecule has 0 radical (unpaired) electrons. The van der Waals surface area contributed by atoms with Crippen LogP contribution in [0.2, 0.25) is 0 Å². The van der Waals surface area contributed by atoms with E-state index < -0.39 is 0 Å². The van der Waals surface area contributed by atoms with Gasteiger partial charge in [0, 0.05) is 24.7 Å². The molecule has 0 saturated carbocycles. The van der Waals surface area contributed by atoms with Crippen molar-refractivity contribution in [3.05, 3.63) is 35.7 Å². The molecule has 2 aliphatic heterocycles. The third-order valence-corrected chi connectivity index (χ3v) is 2.69. The molecule has 0 spiro atoms. The Hall–Kier alpha value is -2.17. The number of carbonyl (C=O) groups excluding carboxylic acids is 1. The van der Waals surface area contributed by atoms with Crippen molar-refractivity contribution in [2.45, 2.75) is 0 Å². The highest BCUT2D eigenvalue weighted by atomic mass is 16.7. The molecule has 2 heterocycles. The van der Waals surface area contributed by atoms with Gasteiger partial charge in [0.25, 0.3) is 0 Å². The molecule has 0 bridgehead atoms. The highest BCUT2D eigenvalue weighted by molar-refractivity contribution is 6.05. The van der Waals surface area contributed by atoms with Crippen LogP contribution in [0.15, 0.2) is 30.1 Å². The summed E-state index contributed by atoms with van der Waals surface area (Å²) in [5, 5.41) is 6.17. The topological polar surface area (TPSA) is 59.6 Å². The maximum Gasteiger partial charge on any atom is 0.231 e. The Morgan fingerprint density at radius 1 is 1.18 bits per heavy atom. The van der Waals surface area contributed by atoms with Gasteiger partial charge >= 0.3 is 0 Å². The SMILES string of the molecule is O=C(C=C1NCCN1)c1ccc2c(c1)OCO2. The zero-order valence-electron chi connectivity index (χ0n) is 9.16. The molecule has 2 N–H and O–H groups in total. The van der Waals surface area contributed by atoms with Crippen LogP contribution in [0.1, 0.15) is 10.4 Å². The van der Waals surface area contributed by atoms with E-state index in [0.29, 0.717) is 17.1 Å². The molecule has 5 heteroatoms. The molecular formula is C12H12N2O3. The first-order valence-electron chi connectivity index (χ1n) is 5.46. The van der Waals surface area contributed by atoms with Gasteiger partial charge in [-0.1, -0.05) is 0 Å². The van der Waals surface area contributed by atoms with Crippen LogP contribution in [0.3, 0.4) is 0 Å². The van der Waals surface area contributed by atoms with Gasteiger partial charge in [-0.15, -0.1) is 0 Å². The number of hydrogen-bond donors (Lipinski definition) is 2. The summed E-state index contributed by atoms with van der Waals surface area (Å²) in [7, 11) is 0. The Balaban J connectivity index is 1.84. The summed E-state index contributed by atoms with van der Waals surface area (Å²) in [5.41, 5.74) is 0.595. The van der Waals surface area contributed by atoms with Gasteiger partial charge in [-0.3, -0.25) is 4.79 Å². The van der Waals surface area contributed by atoms with Gasteiger partial charge in [-0.2, -0.15) is 0 Å². The lowest BCUT2D eigenvalue weighted by molar-refractivity contribution is 0.104. The molecule has 1 aromatic carbocycles. The summed E-state index contributed by atoms with van der Waals surface area (Å²) in [6.45, 7) is 1.91. The number of allylic oxidation sites excluding steroid dienone is 1. The third-order valence-electron chi connectivity index (χ3n) is 2.69. The standard InChI is InChI=1S/C12H12N2O3/c15-9(6-12-13-3-4-14-12)8-1-2-10-11(5-8)17-7-16-10/h1-2,5-6,13-14H,3-4,7H2. The summed E-state index contributed by atoms with van der Waals surface area (Å²) >= 11 is 0. The fourth-order valence-electron chi connectivity index (χ4n) is 1.82. The van der Waals surface area contributed by atoms with E-state index in [2.05, 4.69) is 10.6 Å². The van der Waals surface area contributed by atoms with Gasteiger partial charge in [0.1, 0.15) is 5.82 Å². The van der Waals surface area contributed by atoms with Gasteiger partial charge in [-0.25, -0.2) is 0 Å². The second-order valence-electron chi connectivity index (χ2n) is 3.84. The quantitative estimate of drug-likeness (QED) is 0.578. The van der Waals surface area contributed by atoms with Crippen LogP contribution in [0.4, 0.5) is 0 Å². The Bertz CT molecular complexity index is 489. The number of carbonyl (C=O) groups is 1. The fraction of sp³-hybridized carbons (Fsp3) is 0.250. The van der Waals surface area contributed by atoms with Crippen LogP contribution in [0, 0.1) is 0 Å². The summed E-state index contributed by atoms with van der Waals surface area (Å²) in [5.74, 6) is 2.03. The number of nitrogens with one attached hydrogen (secondary N) is 2. The average Bonchev–Trinajstić information content (AvgIpc) is 2.97. The van der Waals surface area contributed by atoms with Crippen molar-refractivity contribution >= 4 is 5.78 Å². The van der Waals surface area contributed by atoms with Crippen molar-refractivity contribution < 1.29 is 14.3 Å². The first-order chi connectivity index (χ1) is 8.33. The number of ketones is 1. The second kappa shape index (κ2) is 4.01. The molecule has 0 atom stereocenters. The van der Waals surface area contributed by atoms with E-state index in [1.54, 1.807) is 24.3 Å². The highest BCUT2D eigenvalue weighted by Gasteiger charge is 2.16. The van der Waals surface area contributed by atoms with E-state index in [9.17, 15) is 4.79 Å². The molecule has 1 aromatic rings. The van der Waals surface area contributed by atoms with E-state index in [0.717, 1.165) is 18.9 Å². The summed E-state index contributed by atoms with van der Waals surface area (Å²) in [6, 6.07) is 5.20. The normalized spacial score (nSPS) is 16.4. The summed E-state index contributed by atoms with van der Waals surface area (Å²) in [6.07, 6.45) is 1.56. The van der Waals surface area contributed by atoms with E-state index in [4.69, 9.17) is 9.47 Å². The largest absolute Gasteiger partial charge is 0.454 e. The van der Waals surface area contributed by atoms with Crippen LogP contribution >= 0.6 is 0 Å². The van der Waals surface area contributed by atoms with Crippen molar-refractivity contribution in [1.82, 2.24) is 10.6 Å². The lowest BCUT2D eigenvalue weighted by Crippen LogP contribution is -2.12. The van der Waals surface area contributed by atoms with Gasteiger partial charge < -0.3 is 20.1 Å². The van der Waals surface area contributed by atoms with Gasteiger partial charge in [0.05, 0.1) is 0 Å². The molecule has 1 saturated heterocycles. The smallest absolute Gasteiger partial charge is 0.231 e. The zero-order chi connectivity index (χ0) is 11.7. The minimum Gasteiger partial charge on any atom is -0.454 e. The molecule has 5 nitrogen and oxygen atoms in total. The van der Waals surface area contributed by atoms with Crippen molar-refractivity contribution in [3.63, 3.8) is 0 Å². The molecule has 0 unspecified atom stereocenters. The minimum atomic E-state index is -0.0554. The molecule has 17 heavy (non-hydrogen) atoms. The number of ether oxygens (including phenoxy) is 2. The van der Waals surface area contributed by atoms with Gasteiger partial charge in [0.15, 0.2) is 17.3 Å². The lowest BCUT2D eigenvalue weighted by Gasteiger charge is -2.01. The summed E-state index contributed by atoms with van der Waals surface area (Å²) in [4.78, 5) is 11.9. The molecular weight excluding hydrogens is 220 g/mol. The maximum atomic E-state index is 11.9. The Morgan fingerprint density at radius 3 is 2.76 bits per heavy atom. The number of benzene rings is 1. The lowest BCUT2D eigenvalue weighted by atomic mass is 10.1. The third kappa shape index (κ3) is 1.91. The van der Waals surface area contributed by atoms with Crippen molar-refractivity contribution in [1.29, 1.82) is 0 Å². The number of fused-ring (bicyclic) bond motifs is 1. The monoisotopic (exact) mass is 232 g/mol. The predicted octanol–water partition coefficient (Wildman–Crippen LogP) is 0.632. The molecule has 2 aliphatic rings. The Morgan fingerprint density at radius 2 is 1.94 bits per heavy atom. The Kier molecular flexibility index (Phi) is 2.36. The molecule has 0 aliphatic carbocycles. The molecule has 88 valence electrons. The van der Waals surface area contributed by atoms with E-state index in [1.165, 1.54) is 0 Å². The van der Waals surface area contributed by atoms with E-state index >= 15 is 0 Å². The molecule has 3 rings (SSSR count). The van der Waals surface area contributed by atoms with Crippen molar-refractivity contribution in [3.8, 4) is 11.5 Å². The fourth-order valence-corrected chi connectivity index (χ4v) is 1.82. The predicted molar refractivity (Wildman–Crippen MR) is 61.0 cm³/mol. The maximum absolute atomic E-state index is 11.9. The van der Waals surface area contributed by atoms with Gasteiger partial charge in [-0.05, 0) is 18.2 Å². The Labute approximate surface area is 98.4 Å². The highest BCUT2D eigenvalue weighted by Crippen LogP contribution is 2.32. The van der Waals surface area contributed by atoms with E-state index in [1.807, 2.05) is 0 Å². The first-order valence-corrected chi connectivity index (χ1v) is 5.46. The van der Waals surface area contributed by atoms with Crippen LogP contribution in [-0.2, 0) is 0 Å². The summed E-state index contributed by atoms with van der Waals surface area (Å²) < 4.78 is 10.4. The van der Waals surface area contributed by atoms with Crippen LogP contribution in [-0.4, -0.2) is 25.7 Å². The molecule has 0 amide bonds. The molecule has 0 aromatic heterocycles. The minimum absolute atomic E-state index is 0.0554. The van der Waals surface area contributed by atoms with Crippen molar-refractivity contribution in [2.24, 2.45) is 0 Å². The van der Waals surface area contributed by atoms with Gasteiger partial charge in [0.2, 0.25) is 6.79 Å². The van der Waals surface area contributed by atoms with E-state index in [-0.39, 0.29) is 12.6 Å². The van der Waals surface area contributed by atoms with Crippen LogP contribution < -0.4 is 20.1 Å².